The van der Waals surface area contributed by atoms with Crippen LogP contribution >= 0.6 is 11.8 Å². The van der Waals surface area contributed by atoms with Crippen LogP contribution in [0.4, 0.5) is 0 Å². The van der Waals surface area contributed by atoms with E-state index in [1.54, 1.807) is 12.4 Å². The number of hydrogen-bond donors (Lipinski definition) is 0. The molecule has 0 bridgehead atoms. The number of hydrogen-bond acceptors (Lipinski definition) is 5. The molecule has 0 radical (unpaired) electrons. The van der Waals surface area contributed by atoms with Gasteiger partial charge in [0.05, 0.1) is 5.56 Å². The Morgan fingerprint density at radius 2 is 2.08 bits per heavy atom. The van der Waals surface area contributed by atoms with Gasteiger partial charge in [-0.25, -0.2) is 9.97 Å². The van der Waals surface area contributed by atoms with E-state index in [-0.39, 0.29) is 11.9 Å². The van der Waals surface area contributed by atoms with Crippen molar-refractivity contribution < 1.29 is 4.79 Å². The van der Waals surface area contributed by atoms with E-state index in [1.165, 1.54) is 18.2 Å². The van der Waals surface area contributed by atoms with Gasteiger partial charge in [-0.15, -0.1) is 0 Å². The molecule has 0 N–H and O–H groups in total. The van der Waals surface area contributed by atoms with Gasteiger partial charge in [-0.3, -0.25) is 9.78 Å². The van der Waals surface area contributed by atoms with Crippen LogP contribution in [-0.2, 0) is 6.42 Å². The monoisotopic (exact) mass is 342 g/mol. The second-order valence-corrected chi connectivity index (χ2v) is 6.74. The number of pyridine rings is 1. The number of aryl methyl sites for hydroxylation is 1. The van der Waals surface area contributed by atoms with Crippen LogP contribution in [0.2, 0.25) is 0 Å². The molecule has 24 heavy (non-hydrogen) atoms. The number of piperidine rings is 1. The lowest BCUT2D eigenvalue weighted by Gasteiger charge is -2.35. The average Bonchev–Trinajstić information content (AvgIpc) is 2.67. The van der Waals surface area contributed by atoms with Gasteiger partial charge in [0.1, 0.15) is 0 Å². The van der Waals surface area contributed by atoms with E-state index in [9.17, 15) is 4.79 Å². The summed E-state index contributed by atoms with van der Waals surface area (Å²) in [6.07, 6.45) is 12.2. The van der Waals surface area contributed by atoms with Crippen LogP contribution in [0.3, 0.4) is 0 Å². The van der Waals surface area contributed by atoms with Crippen molar-refractivity contribution >= 4 is 17.7 Å². The Labute approximate surface area is 146 Å². The summed E-state index contributed by atoms with van der Waals surface area (Å²) in [7, 11) is 0. The predicted octanol–water partition coefficient (Wildman–Crippen LogP) is 3.22. The maximum atomic E-state index is 12.8. The Morgan fingerprint density at radius 3 is 2.79 bits per heavy atom. The molecule has 6 heteroatoms. The van der Waals surface area contributed by atoms with E-state index in [0.29, 0.717) is 10.7 Å². The van der Waals surface area contributed by atoms with Gasteiger partial charge in [-0.2, -0.15) is 0 Å². The van der Waals surface area contributed by atoms with Crippen molar-refractivity contribution in [3.05, 3.63) is 48.0 Å². The van der Waals surface area contributed by atoms with Gasteiger partial charge in [0.15, 0.2) is 5.16 Å². The molecule has 1 amide bonds. The van der Waals surface area contributed by atoms with Gasteiger partial charge in [0, 0.05) is 36.9 Å². The van der Waals surface area contributed by atoms with Crippen LogP contribution in [0.5, 0.6) is 0 Å². The molecule has 1 atom stereocenters. The highest BCUT2D eigenvalue weighted by molar-refractivity contribution is 7.98. The Morgan fingerprint density at radius 1 is 1.25 bits per heavy atom. The Kier molecular flexibility index (Phi) is 5.80. The number of carbonyl (C=O) groups is 1. The summed E-state index contributed by atoms with van der Waals surface area (Å²) in [5.74, 6) is 0.0494. The number of amides is 1. The quantitative estimate of drug-likeness (QED) is 0.617. The fourth-order valence-corrected chi connectivity index (χ4v) is 3.44. The smallest absolute Gasteiger partial charge is 0.257 e. The molecule has 1 saturated heterocycles. The largest absolute Gasteiger partial charge is 0.336 e. The fraction of sp³-hybridized carbons (Fsp3) is 0.444. The molecule has 3 rings (SSSR count). The van der Waals surface area contributed by atoms with Crippen LogP contribution in [0.15, 0.2) is 41.9 Å². The first kappa shape index (κ1) is 16.9. The highest BCUT2D eigenvalue weighted by atomic mass is 32.2. The number of rotatable bonds is 5. The number of nitrogens with zero attached hydrogens (tertiary/aromatic N) is 4. The molecule has 0 unspecified atom stereocenters. The van der Waals surface area contributed by atoms with Crippen LogP contribution in [0.25, 0.3) is 0 Å². The lowest BCUT2D eigenvalue weighted by molar-refractivity contribution is 0.0600. The zero-order valence-corrected chi connectivity index (χ0v) is 14.7. The molecular formula is C18H22N4OS. The SMILES string of the molecule is CSc1ncc(C(=O)N2CCCC[C@H]2CCc2ccccn2)cn1. The Hall–Kier alpha value is -1.95. The molecule has 0 saturated carbocycles. The molecule has 1 fully saturated rings. The Bertz CT molecular complexity index is 662. The minimum absolute atomic E-state index is 0.0494. The van der Waals surface area contributed by atoms with Crippen molar-refractivity contribution in [2.45, 2.75) is 43.3 Å². The van der Waals surface area contributed by atoms with Crippen molar-refractivity contribution in [1.29, 1.82) is 0 Å². The number of aromatic nitrogens is 3. The molecule has 0 aromatic carbocycles. The zero-order valence-electron chi connectivity index (χ0n) is 13.9. The summed E-state index contributed by atoms with van der Waals surface area (Å²) >= 11 is 1.48. The van der Waals surface area contributed by atoms with Gasteiger partial charge < -0.3 is 4.90 Å². The Balaban J connectivity index is 1.67. The first-order valence-electron chi connectivity index (χ1n) is 8.35. The molecule has 2 aromatic heterocycles. The van der Waals surface area contributed by atoms with E-state index in [2.05, 4.69) is 15.0 Å². The maximum absolute atomic E-state index is 12.8. The zero-order chi connectivity index (χ0) is 16.8. The average molecular weight is 342 g/mol. The molecule has 5 nitrogen and oxygen atoms in total. The van der Waals surface area contributed by atoms with Crippen molar-refractivity contribution in [1.82, 2.24) is 19.9 Å². The lowest BCUT2D eigenvalue weighted by Crippen LogP contribution is -2.44. The van der Waals surface area contributed by atoms with E-state index in [4.69, 9.17) is 0 Å². The topological polar surface area (TPSA) is 59.0 Å². The van der Waals surface area contributed by atoms with Crippen molar-refractivity contribution in [2.24, 2.45) is 0 Å². The molecule has 1 aliphatic rings. The van der Waals surface area contributed by atoms with Crippen LogP contribution in [-0.4, -0.2) is 44.6 Å². The first-order chi connectivity index (χ1) is 11.8. The van der Waals surface area contributed by atoms with Crippen LogP contribution in [0, 0.1) is 0 Å². The molecule has 2 aromatic rings. The van der Waals surface area contributed by atoms with Gasteiger partial charge in [0.25, 0.3) is 5.91 Å². The third kappa shape index (κ3) is 4.12. The molecule has 0 aliphatic carbocycles. The van der Waals surface area contributed by atoms with Gasteiger partial charge in [0.2, 0.25) is 0 Å². The number of carbonyl (C=O) groups excluding carboxylic acids is 1. The number of likely N-dealkylation sites (tertiary alicyclic amines) is 1. The number of thioether (sulfide) groups is 1. The summed E-state index contributed by atoms with van der Waals surface area (Å²) in [5.41, 5.74) is 1.67. The summed E-state index contributed by atoms with van der Waals surface area (Å²) in [4.78, 5) is 27.7. The summed E-state index contributed by atoms with van der Waals surface area (Å²) < 4.78 is 0. The molecule has 126 valence electrons. The molecule has 3 heterocycles. The first-order valence-corrected chi connectivity index (χ1v) is 9.57. The van der Waals surface area contributed by atoms with Crippen LogP contribution < -0.4 is 0 Å². The van der Waals surface area contributed by atoms with E-state index in [0.717, 1.165) is 37.9 Å². The van der Waals surface area contributed by atoms with Crippen molar-refractivity contribution in [2.75, 3.05) is 12.8 Å². The third-order valence-corrected chi connectivity index (χ3v) is 4.98. The molecular weight excluding hydrogens is 320 g/mol. The van der Waals surface area contributed by atoms with E-state index < -0.39 is 0 Å². The van der Waals surface area contributed by atoms with Crippen molar-refractivity contribution in [3.8, 4) is 0 Å². The highest BCUT2D eigenvalue weighted by Gasteiger charge is 2.27. The third-order valence-electron chi connectivity index (χ3n) is 4.41. The lowest BCUT2D eigenvalue weighted by atomic mass is 9.96. The minimum Gasteiger partial charge on any atom is -0.336 e. The fourth-order valence-electron chi connectivity index (χ4n) is 3.13. The van der Waals surface area contributed by atoms with E-state index >= 15 is 0 Å². The van der Waals surface area contributed by atoms with Gasteiger partial charge in [-0.05, 0) is 50.5 Å². The van der Waals surface area contributed by atoms with Crippen molar-refractivity contribution in [3.63, 3.8) is 0 Å². The van der Waals surface area contributed by atoms with Crippen LogP contribution in [0.1, 0.15) is 41.7 Å². The van der Waals surface area contributed by atoms with Gasteiger partial charge in [-0.1, -0.05) is 17.8 Å². The predicted molar refractivity (Wildman–Crippen MR) is 95.0 cm³/mol. The second-order valence-electron chi connectivity index (χ2n) is 5.97. The summed E-state index contributed by atoms with van der Waals surface area (Å²) in [6.45, 7) is 0.815. The second kappa shape index (κ2) is 8.24. The highest BCUT2D eigenvalue weighted by Crippen LogP contribution is 2.23. The van der Waals surface area contributed by atoms with Gasteiger partial charge >= 0.3 is 0 Å². The van der Waals surface area contributed by atoms with E-state index in [1.807, 2.05) is 35.6 Å². The summed E-state index contributed by atoms with van der Waals surface area (Å²) in [5, 5.41) is 0.692. The molecule has 0 spiro atoms. The normalized spacial score (nSPS) is 17.7. The summed E-state index contributed by atoms with van der Waals surface area (Å²) in [6, 6.07) is 6.26. The molecule has 1 aliphatic heterocycles. The standard InChI is InChI=1S/C18H22N4OS/c1-24-18-20-12-14(13-21-18)17(23)22-11-5-3-7-16(22)9-8-15-6-2-4-10-19-15/h2,4,6,10,12-13,16H,3,5,7-9,11H2,1H3/t16-/m0/s1. The minimum atomic E-state index is 0.0494. The maximum Gasteiger partial charge on any atom is 0.257 e.